The Bertz CT molecular complexity index is 535. The van der Waals surface area contributed by atoms with E-state index in [9.17, 15) is 9.59 Å². The Morgan fingerprint density at radius 1 is 0.947 bits per heavy atom. The molecular formula is C15H18N2O2. The molecule has 2 saturated heterocycles. The van der Waals surface area contributed by atoms with Crippen molar-refractivity contribution in [3.05, 3.63) is 34.4 Å². The van der Waals surface area contributed by atoms with E-state index in [2.05, 4.69) is 0 Å². The van der Waals surface area contributed by atoms with Gasteiger partial charge in [0.05, 0.1) is 0 Å². The summed E-state index contributed by atoms with van der Waals surface area (Å²) in [5, 5.41) is 3.23. The molecule has 2 amide bonds. The number of aryl methyl sites for hydroxylation is 3. The van der Waals surface area contributed by atoms with Crippen LogP contribution in [0.5, 0.6) is 0 Å². The fourth-order valence-corrected chi connectivity index (χ4v) is 3.37. The molecule has 0 spiro atoms. The molecule has 0 radical (unpaired) electrons. The molecule has 0 saturated carbocycles. The number of carbonyl (C=O) groups excluding carboxylic acids is 2. The Morgan fingerprint density at radius 3 is 1.89 bits per heavy atom. The number of hydrazine groups is 1. The summed E-state index contributed by atoms with van der Waals surface area (Å²) in [6.07, 6.45) is 0.885. The number of hydrogen-bond donors (Lipinski definition) is 0. The SMILES string of the molecule is Cc1cc(C)c(C2C(=O)N3CCCN3C2=O)c(C)c1. The minimum Gasteiger partial charge on any atom is -0.272 e. The molecule has 1 aromatic rings. The fourth-order valence-electron chi connectivity index (χ4n) is 3.37. The van der Waals surface area contributed by atoms with E-state index >= 15 is 0 Å². The summed E-state index contributed by atoms with van der Waals surface area (Å²) in [6.45, 7) is 7.34. The van der Waals surface area contributed by atoms with Crippen molar-refractivity contribution in [2.75, 3.05) is 13.1 Å². The lowest BCUT2D eigenvalue weighted by atomic mass is 9.88. The molecule has 19 heavy (non-hydrogen) atoms. The van der Waals surface area contributed by atoms with E-state index in [1.807, 2.05) is 32.9 Å². The zero-order valence-corrected chi connectivity index (χ0v) is 11.6. The van der Waals surface area contributed by atoms with Crippen molar-refractivity contribution in [1.29, 1.82) is 0 Å². The molecule has 100 valence electrons. The highest BCUT2D eigenvalue weighted by Crippen LogP contribution is 2.35. The van der Waals surface area contributed by atoms with Crippen LogP contribution in [0.15, 0.2) is 12.1 Å². The molecule has 4 heteroatoms. The Labute approximate surface area is 113 Å². The van der Waals surface area contributed by atoms with Crippen LogP contribution in [0.3, 0.4) is 0 Å². The normalized spacial score (nSPS) is 19.5. The predicted octanol–water partition coefficient (Wildman–Crippen LogP) is 1.68. The maximum Gasteiger partial charge on any atom is 0.258 e. The highest BCUT2D eigenvalue weighted by molar-refractivity contribution is 6.11. The number of carbonyl (C=O) groups is 2. The second kappa shape index (κ2) is 4.08. The van der Waals surface area contributed by atoms with Gasteiger partial charge in [-0.2, -0.15) is 0 Å². The molecule has 1 aromatic carbocycles. The van der Waals surface area contributed by atoms with Gasteiger partial charge in [-0.1, -0.05) is 17.7 Å². The maximum absolute atomic E-state index is 12.5. The van der Waals surface area contributed by atoms with Crippen LogP contribution in [-0.4, -0.2) is 34.9 Å². The van der Waals surface area contributed by atoms with E-state index in [0.29, 0.717) is 13.1 Å². The van der Waals surface area contributed by atoms with Crippen molar-refractivity contribution >= 4 is 11.8 Å². The highest BCUT2D eigenvalue weighted by Gasteiger charge is 2.49. The fraction of sp³-hybridized carbons (Fsp3) is 0.467. The van der Waals surface area contributed by atoms with Crippen LogP contribution in [-0.2, 0) is 9.59 Å². The maximum atomic E-state index is 12.5. The summed E-state index contributed by atoms with van der Waals surface area (Å²) in [4.78, 5) is 24.9. The summed E-state index contributed by atoms with van der Waals surface area (Å²) in [5.74, 6) is -0.740. The van der Waals surface area contributed by atoms with Crippen LogP contribution in [0.2, 0.25) is 0 Å². The predicted molar refractivity (Wildman–Crippen MR) is 71.4 cm³/mol. The first-order valence-electron chi connectivity index (χ1n) is 6.71. The Kier molecular flexibility index (Phi) is 2.62. The Balaban J connectivity index is 2.08. The number of amides is 2. The molecule has 2 heterocycles. The van der Waals surface area contributed by atoms with Crippen LogP contribution >= 0.6 is 0 Å². The van der Waals surface area contributed by atoms with Crippen molar-refractivity contribution in [2.45, 2.75) is 33.1 Å². The minimum atomic E-state index is -0.624. The monoisotopic (exact) mass is 258 g/mol. The number of fused-ring (bicyclic) bond motifs is 1. The zero-order valence-electron chi connectivity index (χ0n) is 11.6. The summed E-state index contributed by atoms with van der Waals surface area (Å²) in [7, 11) is 0. The summed E-state index contributed by atoms with van der Waals surface area (Å²) in [6, 6.07) is 4.09. The average molecular weight is 258 g/mol. The van der Waals surface area contributed by atoms with Crippen molar-refractivity contribution in [3.63, 3.8) is 0 Å². The molecule has 3 rings (SSSR count). The van der Waals surface area contributed by atoms with E-state index in [-0.39, 0.29) is 11.8 Å². The van der Waals surface area contributed by atoms with Gasteiger partial charge in [0.15, 0.2) is 0 Å². The topological polar surface area (TPSA) is 40.6 Å². The molecule has 0 atom stereocenters. The van der Waals surface area contributed by atoms with Gasteiger partial charge >= 0.3 is 0 Å². The lowest BCUT2D eigenvalue weighted by molar-refractivity contribution is -0.141. The highest BCUT2D eigenvalue weighted by atomic mass is 16.2. The summed E-state index contributed by atoms with van der Waals surface area (Å²) in [5.41, 5.74) is 4.13. The molecule has 4 nitrogen and oxygen atoms in total. The molecular weight excluding hydrogens is 240 g/mol. The first kappa shape index (κ1) is 12.2. The van der Waals surface area contributed by atoms with E-state index in [1.54, 1.807) is 10.0 Å². The summed E-state index contributed by atoms with van der Waals surface area (Å²) >= 11 is 0. The molecule has 2 aliphatic rings. The first-order valence-corrected chi connectivity index (χ1v) is 6.71. The van der Waals surface area contributed by atoms with Gasteiger partial charge in [-0.3, -0.25) is 19.6 Å². The van der Waals surface area contributed by atoms with E-state index < -0.39 is 5.92 Å². The van der Waals surface area contributed by atoms with Crippen LogP contribution < -0.4 is 0 Å². The molecule has 0 unspecified atom stereocenters. The Morgan fingerprint density at radius 2 is 1.42 bits per heavy atom. The smallest absolute Gasteiger partial charge is 0.258 e. The van der Waals surface area contributed by atoms with Crippen molar-refractivity contribution in [1.82, 2.24) is 10.0 Å². The second-order valence-electron chi connectivity index (χ2n) is 5.52. The van der Waals surface area contributed by atoms with Gasteiger partial charge < -0.3 is 0 Å². The molecule has 2 fully saturated rings. The molecule has 0 bridgehead atoms. The van der Waals surface area contributed by atoms with E-state index in [1.165, 1.54) is 0 Å². The second-order valence-corrected chi connectivity index (χ2v) is 5.52. The summed E-state index contributed by atoms with van der Waals surface area (Å²) < 4.78 is 0. The molecule has 2 aliphatic heterocycles. The van der Waals surface area contributed by atoms with Crippen molar-refractivity contribution < 1.29 is 9.59 Å². The molecule has 0 aromatic heterocycles. The van der Waals surface area contributed by atoms with Gasteiger partial charge in [-0.05, 0) is 43.9 Å². The van der Waals surface area contributed by atoms with Gasteiger partial charge in [-0.15, -0.1) is 0 Å². The van der Waals surface area contributed by atoms with E-state index in [0.717, 1.165) is 28.7 Å². The van der Waals surface area contributed by atoms with Crippen molar-refractivity contribution in [2.24, 2.45) is 0 Å². The van der Waals surface area contributed by atoms with Gasteiger partial charge in [0.1, 0.15) is 5.92 Å². The first-order chi connectivity index (χ1) is 9.00. The van der Waals surface area contributed by atoms with Gasteiger partial charge in [0.25, 0.3) is 11.8 Å². The minimum absolute atomic E-state index is 0.0578. The van der Waals surface area contributed by atoms with Crippen molar-refractivity contribution in [3.8, 4) is 0 Å². The van der Waals surface area contributed by atoms with Gasteiger partial charge in [0, 0.05) is 13.1 Å². The Hall–Kier alpha value is -1.84. The third-order valence-electron chi connectivity index (χ3n) is 4.06. The largest absolute Gasteiger partial charge is 0.272 e. The lowest BCUT2D eigenvalue weighted by Crippen LogP contribution is -2.33. The van der Waals surface area contributed by atoms with Gasteiger partial charge in [0.2, 0.25) is 0 Å². The quantitative estimate of drug-likeness (QED) is 0.719. The van der Waals surface area contributed by atoms with Crippen LogP contribution in [0.4, 0.5) is 0 Å². The number of rotatable bonds is 1. The average Bonchev–Trinajstić information content (AvgIpc) is 2.87. The number of benzene rings is 1. The zero-order chi connectivity index (χ0) is 13.7. The standard InChI is InChI=1S/C15H18N2O2/c1-9-7-10(2)12(11(3)8-9)13-14(18)16-5-4-6-17(16)15(13)19/h7-8,13H,4-6H2,1-3H3. The van der Waals surface area contributed by atoms with Crippen LogP contribution in [0.1, 0.15) is 34.6 Å². The van der Waals surface area contributed by atoms with Crippen LogP contribution in [0.25, 0.3) is 0 Å². The van der Waals surface area contributed by atoms with Crippen LogP contribution in [0, 0.1) is 20.8 Å². The van der Waals surface area contributed by atoms with E-state index in [4.69, 9.17) is 0 Å². The number of hydrogen-bond acceptors (Lipinski definition) is 2. The third-order valence-corrected chi connectivity index (χ3v) is 4.06. The molecule has 0 aliphatic carbocycles. The number of nitrogens with zero attached hydrogens (tertiary/aromatic N) is 2. The molecule has 0 N–H and O–H groups in total. The third kappa shape index (κ3) is 1.66. The lowest BCUT2D eigenvalue weighted by Gasteiger charge is -2.16. The van der Waals surface area contributed by atoms with Gasteiger partial charge in [-0.25, -0.2) is 0 Å².